The summed E-state index contributed by atoms with van der Waals surface area (Å²) in [6.07, 6.45) is 1.28. The summed E-state index contributed by atoms with van der Waals surface area (Å²) in [5.41, 5.74) is -0.0919. The van der Waals surface area contributed by atoms with Crippen molar-refractivity contribution in [2.45, 2.75) is 0 Å². The van der Waals surface area contributed by atoms with Crippen LogP contribution in [0.4, 0.5) is 8.78 Å². The zero-order chi connectivity index (χ0) is 15.2. The van der Waals surface area contributed by atoms with E-state index in [0.717, 1.165) is 0 Å². The van der Waals surface area contributed by atoms with Crippen LogP contribution >= 0.6 is 0 Å². The highest BCUT2D eigenvalue weighted by molar-refractivity contribution is 5.93. The van der Waals surface area contributed by atoms with Gasteiger partial charge in [0.15, 0.2) is 0 Å². The van der Waals surface area contributed by atoms with Gasteiger partial charge in [0.05, 0.1) is 12.1 Å². The van der Waals surface area contributed by atoms with E-state index in [-0.39, 0.29) is 18.7 Å². The smallest absolute Gasteiger partial charge is 0.258 e. The molecule has 1 amide bonds. The van der Waals surface area contributed by atoms with Gasteiger partial charge in [-0.05, 0) is 24.3 Å². The van der Waals surface area contributed by atoms with Gasteiger partial charge in [-0.3, -0.25) is 4.79 Å². The van der Waals surface area contributed by atoms with Crippen LogP contribution in [0.15, 0.2) is 42.6 Å². The van der Waals surface area contributed by atoms with E-state index in [1.165, 1.54) is 48.5 Å². The molecule has 0 fully saturated rings. The largest absolute Gasteiger partial charge is 0.492 e. The Hall–Kier alpha value is -2.50. The summed E-state index contributed by atoms with van der Waals surface area (Å²) in [5, 5.41) is 0. The first-order valence-corrected chi connectivity index (χ1v) is 6.32. The Morgan fingerprint density at radius 2 is 2.10 bits per heavy atom. The molecule has 0 saturated heterocycles. The standard InChI is InChI=1S/C15H14F2N2O2/c1-19(15(20)13-6-3-7-18-14(13)17)8-9-21-12-5-2-4-11(16)10-12/h2-7,10H,8-9H2,1H3. The minimum atomic E-state index is -0.805. The number of nitrogens with zero attached hydrogens (tertiary/aromatic N) is 2. The molecule has 1 aromatic heterocycles. The number of carbonyl (C=O) groups excluding carboxylic acids is 1. The van der Waals surface area contributed by atoms with Gasteiger partial charge in [0.25, 0.3) is 5.91 Å². The van der Waals surface area contributed by atoms with Crippen LogP contribution in [0.5, 0.6) is 5.75 Å². The average molecular weight is 292 g/mol. The fraction of sp³-hybridized carbons (Fsp3) is 0.200. The van der Waals surface area contributed by atoms with E-state index < -0.39 is 17.7 Å². The fourth-order valence-electron chi connectivity index (χ4n) is 1.71. The summed E-state index contributed by atoms with van der Waals surface area (Å²) >= 11 is 0. The molecule has 1 aromatic carbocycles. The number of likely N-dealkylation sites (N-methyl/N-ethyl adjacent to an activating group) is 1. The second-order valence-electron chi connectivity index (χ2n) is 4.37. The normalized spacial score (nSPS) is 10.2. The molecular weight excluding hydrogens is 278 g/mol. The van der Waals surface area contributed by atoms with Gasteiger partial charge in [0.2, 0.25) is 5.95 Å². The molecule has 4 nitrogen and oxygen atoms in total. The molecule has 2 rings (SSSR count). The van der Waals surface area contributed by atoms with Gasteiger partial charge >= 0.3 is 0 Å². The highest BCUT2D eigenvalue weighted by atomic mass is 19.1. The predicted octanol–water partition coefficient (Wildman–Crippen LogP) is 2.51. The molecule has 0 spiro atoms. The molecule has 0 N–H and O–H groups in total. The van der Waals surface area contributed by atoms with Crippen molar-refractivity contribution < 1.29 is 18.3 Å². The maximum absolute atomic E-state index is 13.4. The zero-order valence-electron chi connectivity index (χ0n) is 11.4. The van der Waals surface area contributed by atoms with Crippen LogP contribution in [-0.4, -0.2) is 36.0 Å². The Bertz CT molecular complexity index is 635. The van der Waals surface area contributed by atoms with Gasteiger partial charge in [-0.1, -0.05) is 6.07 Å². The molecule has 2 aromatic rings. The maximum atomic E-state index is 13.4. The second-order valence-corrected chi connectivity index (χ2v) is 4.37. The molecule has 0 radical (unpaired) electrons. The Balaban J connectivity index is 1.89. The second kappa shape index (κ2) is 6.78. The van der Waals surface area contributed by atoms with Gasteiger partial charge in [-0.2, -0.15) is 4.39 Å². The minimum Gasteiger partial charge on any atom is -0.492 e. The van der Waals surface area contributed by atoms with Gasteiger partial charge in [0, 0.05) is 19.3 Å². The summed E-state index contributed by atoms with van der Waals surface area (Å²) in [6, 6.07) is 8.58. The number of hydrogen-bond acceptors (Lipinski definition) is 3. The van der Waals surface area contributed by atoms with Crippen molar-refractivity contribution >= 4 is 5.91 Å². The molecule has 1 heterocycles. The third-order valence-electron chi connectivity index (χ3n) is 2.83. The first-order chi connectivity index (χ1) is 10.1. The van der Waals surface area contributed by atoms with E-state index in [1.807, 2.05) is 0 Å². The van der Waals surface area contributed by atoms with Crippen LogP contribution < -0.4 is 4.74 Å². The van der Waals surface area contributed by atoms with Crippen molar-refractivity contribution in [2.24, 2.45) is 0 Å². The molecule has 6 heteroatoms. The Kier molecular flexibility index (Phi) is 4.81. The first kappa shape index (κ1) is 14.9. The number of pyridine rings is 1. The molecule has 0 saturated carbocycles. The third kappa shape index (κ3) is 3.98. The van der Waals surface area contributed by atoms with Crippen LogP contribution in [0.3, 0.4) is 0 Å². The Morgan fingerprint density at radius 1 is 1.29 bits per heavy atom. The van der Waals surface area contributed by atoms with Crippen molar-refractivity contribution in [2.75, 3.05) is 20.2 Å². The van der Waals surface area contributed by atoms with Gasteiger partial charge < -0.3 is 9.64 Å². The zero-order valence-corrected chi connectivity index (χ0v) is 11.4. The number of hydrogen-bond donors (Lipinski definition) is 0. The van der Waals surface area contributed by atoms with E-state index in [0.29, 0.717) is 5.75 Å². The third-order valence-corrected chi connectivity index (χ3v) is 2.83. The fourth-order valence-corrected chi connectivity index (χ4v) is 1.71. The lowest BCUT2D eigenvalue weighted by Gasteiger charge is -2.17. The van der Waals surface area contributed by atoms with Crippen molar-refractivity contribution in [1.82, 2.24) is 9.88 Å². The van der Waals surface area contributed by atoms with Crippen LogP contribution in [0.25, 0.3) is 0 Å². The number of benzene rings is 1. The topological polar surface area (TPSA) is 42.4 Å². The summed E-state index contributed by atoms with van der Waals surface area (Å²) in [4.78, 5) is 16.7. The molecule has 0 atom stereocenters. The lowest BCUT2D eigenvalue weighted by molar-refractivity contribution is 0.0768. The quantitative estimate of drug-likeness (QED) is 0.795. The molecule has 0 unspecified atom stereocenters. The maximum Gasteiger partial charge on any atom is 0.258 e. The number of amides is 1. The molecular formula is C15H14F2N2O2. The Labute approximate surface area is 121 Å². The Morgan fingerprint density at radius 3 is 2.81 bits per heavy atom. The molecule has 0 aliphatic rings. The highest BCUT2D eigenvalue weighted by Gasteiger charge is 2.16. The summed E-state index contributed by atoms with van der Waals surface area (Å²) < 4.78 is 31.7. The highest BCUT2D eigenvalue weighted by Crippen LogP contribution is 2.12. The van der Waals surface area contributed by atoms with Crippen molar-refractivity contribution in [3.05, 3.63) is 59.9 Å². The average Bonchev–Trinajstić information content (AvgIpc) is 2.47. The molecule has 0 aliphatic heterocycles. The molecule has 110 valence electrons. The number of halogens is 2. The first-order valence-electron chi connectivity index (χ1n) is 6.32. The summed E-state index contributed by atoms with van der Waals surface area (Å²) in [7, 11) is 1.53. The predicted molar refractivity (Wildman–Crippen MR) is 73.1 cm³/mol. The SMILES string of the molecule is CN(CCOc1cccc(F)c1)C(=O)c1cccnc1F. The monoisotopic (exact) mass is 292 g/mol. The summed E-state index contributed by atoms with van der Waals surface area (Å²) in [5.74, 6) is -1.30. The minimum absolute atomic E-state index is 0.0919. The van der Waals surface area contributed by atoms with Gasteiger partial charge in [-0.25, -0.2) is 9.37 Å². The van der Waals surface area contributed by atoms with Gasteiger partial charge in [-0.15, -0.1) is 0 Å². The van der Waals surface area contributed by atoms with E-state index in [1.54, 1.807) is 6.07 Å². The van der Waals surface area contributed by atoms with E-state index in [4.69, 9.17) is 4.74 Å². The van der Waals surface area contributed by atoms with Crippen molar-refractivity contribution in [3.8, 4) is 5.75 Å². The van der Waals surface area contributed by atoms with Crippen molar-refractivity contribution in [3.63, 3.8) is 0 Å². The number of rotatable bonds is 5. The van der Waals surface area contributed by atoms with Gasteiger partial charge in [0.1, 0.15) is 18.2 Å². The molecule has 21 heavy (non-hydrogen) atoms. The summed E-state index contributed by atoms with van der Waals surface area (Å²) in [6.45, 7) is 0.414. The number of carbonyl (C=O) groups is 1. The molecule has 0 aliphatic carbocycles. The lowest BCUT2D eigenvalue weighted by Crippen LogP contribution is -2.31. The lowest BCUT2D eigenvalue weighted by atomic mass is 10.2. The van der Waals surface area contributed by atoms with Crippen LogP contribution in [0.1, 0.15) is 10.4 Å². The van der Waals surface area contributed by atoms with E-state index >= 15 is 0 Å². The van der Waals surface area contributed by atoms with Crippen LogP contribution in [-0.2, 0) is 0 Å². The number of ether oxygens (including phenoxy) is 1. The van der Waals surface area contributed by atoms with Crippen LogP contribution in [0.2, 0.25) is 0 Å². The van der Waals surface area contributed by atoms with Crippen LogP contribution in [0, 0.1) is 11.8 Å². The van der Waals surface area contributed by atoms with Crippen molar-refractivity contribution in [1.29, 1.82) is 0 Å². The van der Waals surface area contributed by atoms with E-state index in [2.05, 4.69) is 4.98 Å². The molecule has 0 bridgehead atoms. The van der Waals surface area contributed by atoms with E-state index in [9.17, 15) is 13.6 Å². The number of aromatic nitrogens is 1.